The summed E-state index contributed by atoms with van der Waals surface area (Å²) >= 11 is 0. The lowest BCUT2D eigenvalue weighted by molar-refractivity contribution is -0.273. The van der Waals surface area contributed by atoms with Crippen molar-refractivity contribution >= 4 is 5.97 Å². The molecule has 12 atom stereocenters. The largest absolute Gasteiger partial charge is 0.462 e. The highest BCUT2D eigenvalue weighted by Crippen LogP contribution is 2.71. The fourth-order valence-electron chi connectivity index (χ4n) is 11.1. The van der Waals surface area contributed by atoms with Crippen molar-refractivity contribution in [1.29, 1.82) is 0 Å². The number of carbonyl (C=O) groups excluding carboxylic acids is 1. The molecule has 4 aliphatic carbocycles. The molecule has 1 spiro atoms. The van der Waals surface area contributed by atoms with Crippen LogP contribution in [0.25, 0.3) is 0 Å². The van der Waals surface area contributed by atoms with Crippen LogP contribution in [0.1, 0.15) is 125 Å². The number of fused-ring (bicyclic) bond motifs is 7. The van der Waals surface area contributed by atoms with Gasteiger partial charge in [0.25, 0.3) is 0 Å². The molecule has 3 unspecified atom stereocenters. The van der Waals surface area contributed by atoms with Gasteiger partial charge < -0.3 is 14.2 Å². The first-order chi connectivity index (χ1) is 17.7. The van der Waals surface area contributed by atoms with Crippen molar-refractivity contribution in [2.75, 3.05) is 6.61 Å². The van der Waals surface area contributed by atoms with Crippen LogP contribution in [0.5, 0.6) is 0 Å². The second kappa shape index (κ2) is 9.79. The molecule has 2 saturated heterocycles. The summed E-state index contributed by atoms with van der Waals surface area (Å²) < 4.78 is 19.5. The maximum Gasteiger partial charge on any atom is 0.306 e. The molecule has 0 amide bonds. The van der Waals surface area contributed by atoms with Crippen molar-refractivity contribution in [3.05, 3.63) is 0 Å². The molecular weight excluding hydrogens is 460 g/mol. The van der Waals surface area contributed by atoms with E-state index in [0.29, 0.717) is 41.1 Å². The van der Waals surface area contributed by atoms with Crippen LogP contribution in [0.2, 0.25) is 0 Å². The van der Waals surface area contributed by atoms with Crippen molar-refractivity contribution in [2.24, 2.45) is 52.3 Å². The third kappa shape index (κ3) is 4.25. The van der Waals surface area contributed by atoms with Gasteiger partial charge in [0.05, 0.1) is 12.7 Å². The van der Waals surface area contributed by atoms with E-state index < -0.39 is 0 Å². The molecular formula is C33H54O4. The fourth-order valence-corrected chi connectivity index (χ4v) is 11.1. The number of rotatable bonds is 5. The Morgan fingerprint density at radius 2 is 1.73 bits per heavy atom. The zero-order valence-electron chi connectivity index (χ0n) is 24.4. The van der Waals surface area contributed by atoms with Crippen molar-refractivity contribution in [3.8, 4) is 0 Å². The molecule has 37 heavy (non-hydrogen) atoms. The average Bonchev–Trinajstić information content (AvgIpc) is 3.31. The van der Waals surface area contributed by atoms with Gasteiger partial charge >= 0.3 is 5.97 Å². The van der Waals surface area contributed by atoms with E-state index in [4.69, 9.17) is 14.2 Å². The van der Waals surface area contributed by atoms with Gasteiger partial charge in [-0.1, -0.05) is 47.5 Å². The monoisotopic (exact) mass is 514 g/mol. The Morgan fingerprint density at radius 1 is 0.919 bits per heavy atom. The van der Waals surface area contributed by atoms with E-state index in [9.17, 15) is 4.79 Å². The molecule has 4 heteroatoms. The van der Waals surface area contributed by atoms with Gasteiger partial charge in [-0.15, -0.1) is 0 Å². The SMILES string of the molecule is CCCCCC(=O)O[C@@H]1CC[C@@]2(C)C(CC[C@@H]3C2CC[C@@]2(C)C3C[C@@H]3O[C@]4(CC[C@@H](C)CO4)[C@@H](C)[C@@H]32)C1. The second-order valence-electron chi connectivity index (χ2n) is 15.0. The van der Waals surface area contributed by atoms with Crippen LogP contribution in [0.4, 0.5) is 0 Å². The molecule has 0 bridgehead atoms. The summed E-state index contributed by atoms with van der Waals surface area (Å²) in [6.07, 6.45) is 16.8. The van der Waals surface area contributed by atoms with E-state index in [0.717, 1.165) is 68.8 Å². The highest BCUT2D eigenvalue weighted by atomic mass is 16.7. The first-order valence-corrected chi connectivity index (χ1v) is 16.2. The molecule has 6 fully saturated rings. The van der Waals surface area contributed by atoms with Gasteiger partial charge in [-0.25, -0.2) is 0 Å². The topological polar surface area (TPSA) is 44.8 Å². The quantitative estimate of drug-likeness (QED) is 0.276. The minimum absolute atomic E-state index is 0.0463. The van der Waals surface area contributed by atoms with Gasteiger partial charge in [-0.3, -0.25) is 4.79 Å². The molecule has 0 radical (unpaired) electrons. The minimum Gasteiger partial charge on any atom is -0.462 e. The lowest BCUT2D eigenvalue weighted by Crippen LogP contribution is -2.55. The third-order valence-corrected chi connectivity index (χ3v) is 13.2. The smallest absolute Gasteiger partial charge is 0.306 e. The Morgan fingerprint density at radius 3 is 2.49 bits per heavy atom. The molecule has 4 saturated carbocycles. The molecule has 0 aromatic carbocycles. The number of esters is 1. The minimum atomic E-state index is -0.303. The van der Waals surface area contributed by atoms with E-state index in [1.165, 1.54) is 44.9 Å². The van der Waals surface area contributed by atoms with Crippen molar-refractivity contribution < 1.29 is 19.0 Å². The normalized spacial score (nSPS) is 52.7. The van der Waals surface area contributed by atoms with Gasteiger partial charge in [-0.2, -0.15) is 0 Å². The average molecular weight is 515 g/mol. The lowest BCUT2D eigenvalue weighted by Gasteiger charge is -2.61. The highest BCUT2D eigenvalue weighted by Gasteiger charge is 2.69. The number of ether oxygens (including phenoxy) is 3. The maximum atomic E-state index is 12.4. The second-order valence-corrected chi connectivity index (χ2v) is 15.0. The Kier molecular flexibility index (Phi) is 7.04. The number of hydrogen-bond donors (Lipinski definition) is 0. The molecule has 0 N–H and O–H groups in total. The van der Waals surface area contributed by atoms with Crippen LogP contribution in [0, 0.1) is 52.3 Å². The van der Waals surface area contributed by atoms with E-state index in [1.54, 1.807) is 0 Å². The summed E-state index contributed by atoms with van der Waals surface area (Å²) in [5, 5.41) is 0. The number of unbranched alkanes of at least 4 members (excludes halogenated alkanes) is 2. The first-order valence-electron chi connectivity index (χ1n) is 16.2. The molecule has 6 aliphatic rings. The van der Waals surface area contributed by atoms with E-state index in [1.807, 2.05) is 0 Å². The molecule has 2 heterocycles. The van der Waals surface area contributed by atoms with Gasteiger partial charge in [0.1, 0.15) is 6.10 Å². The Bertz CT molecular complexity index is 847. The molecule has 4 nitrogen and oxygen atoms in total. The zero-order valence-corrected chi connectivity index (χ0v) is 24.4. The van der Waals surface area contributed by atoms with E-state index >= 15 is 0 Å². The predicted octanol–water partition coefficient (Wildman–Crippen LogP) is 7.93. The molecule has 210 valence electrons. The predicted molar refractivity (Wildman–Crippen MR) is 146 cm³/mol. The maximum absolute atomic E-state index is 12.4. The summed E-state index contributed by atoms with van der Waals surface area (Å²) in [4.78, 5) is 12.4. The Hall–Kier alpha value is -0.610. The van der Waals surface area contributed by atoms with Gasteiger partial charge in [-0.05, 0) is 111 Å². The molecule has 0 aromatic heterocycles. The third-order valence-electron chi connectivity index (χ3n) is 13.2. The van der Waals surface area contributed by atoms with E-state index in [2.05, 4.69) is 34.6 Å². The Balaban J connectivity index is 1.12. The summed E-state index contributed by atoms with van der Waals surface area (Å²) in [6.45, 7) is 13.1. The first kappa shape index (κ1) is 26.6. The summed E-state index contributed by atoms with van der Waals surface area (Å²) in [6, 6.07) is 0. The fraction of sp³-hybridized carbons (Fsp3) is 0.970. The number of hydrogen-bond acceptors (Lipinski definition) is 4. The summed E-state index contributed by atoms with van der Waals surface area (Å²) in [5.41, 5.74) is 0.818. The van der Waals surface area contributed by atoms with Crippen LogP contribution in [-0.2, 0) is 19.0 Å². The molecule has 2 aliphatic heterocycles. The van der Waals surface area contributed by atoms with Gasteiger partial charge in [0.2, 0.25) is 0 Å². The summed E-state index contributed by atoms with van der Waals surface area (Å²) in [5.74, 6) is 4.76. The number of carbonyl (C=O) groups is 1. The van der Waals surface area contributed by atoms with Crippen LogP contribution in [-0.4, -0.2) is 30.6 Å². The van der Waals surface area contributed by atoms with E-state index in [-0.39, 0.29) is 17.9 Å². The molecule has 0 aromatic rings. The standard InChI is InChI=1S/C33H54O4/c1-6-7-8-9-29(34)36-24-13-15-31(4)23(18-24)10-11-25-26(31)14-16-32(5)27(25)19-28-30(32)22(3)33(37-28)17-12-21(2)20-35-33/h21-28,30H,6-20H2,1-5H3/t21-,22+,23?,24-,25-,26?,27?,28+,30+,31+,32+,33-/m1/s1. The lowest BCUT2D eigenvalue weighted by atomic mass is 9.44. The molecule has 6 rings (SSSR count). The van der Waals surface area contributed by atoms with Crippen LogP contribution < -0.4 is 0 Å². The zero-order chi connectivity index (χ0) is 26.0. The van der Waals surface area contributed by atoms with Crippen molar-refractivity contribution in [2.45, 2.75) is 143 Å². The van der Waals surface area contributed by atoms with Crippen molar-refractivity contribution in [3.63, 3.8) is 0 Å². The van der Waals surface area contributed by atoms with Crippen LogP contribution in [0.15, 0.2) is 0 Å². The van der Waals surface area contributed by atoms with Crippen LogP contribution >= 0.6 is 0 Å². The van der Waals surface area contributed by atoms with Gasteiger partial charge in [0.15, 0.2) is 5.79 Å². The van der Waals surface area contributed by atoms with Crippen LogP contribution in [0.3, 0.4) is 0 Å². The highest BCUT2D eigenvalue weighted by molar-refractivity contribution is 5.69. The summed E-state index contributed by atoms with van der Waals surface area (Å²) in [7, 11) is 0. The Labute approximate surface area is 226 Å². The van der Waals surface area contributed by atoms with Gasteiger partial charge in [0, 0.05) is 18.8 Å². The van der Waals surface area contributed by atoms with Crippen molar-refractivity contribution in [1.82, 2.24) is 0 Å².